The number of anilines is 1. The van der Waals surface area contributed by atoms with Crippen molar-refractivity contribution in [3.8, 4) is 5.75 Å². The third-order valence-electron chi connectivity index (χ3n) is 3.64. The van der Waals surface area contributed by atoms with Crippen LogP contribution >= 0.6 is 11.8 Å². The first-order chi connectivity index (χ1) is 13.8. The highest BCUT2D eigenvalue weighted by molar-refractivity contribution is 7.99. The summed E-state index contributed by atoms with van der Waals surface area (Å²) in [5, 5.41) is 21.9. The number of carbonyl (C=O) groups excluding carboxylic acids is 1. The lowest BCUT2D eigenvalue weighted by atomic mass is 10.2. The van der Waals surface area contributed by atoms with Crippen LogP contribution in [0.4, 0.5) is 20.2 Å². The number of para-hydroxylation sites is 2. The van der Waals surface area contributed by atoms with Gasteiger partial charge in [-0.1, -0.05) is 12.1 Å². The number of nitro groups is 1. The van der Waals surface area contributed by atoms with Gasteiger partial charge in [0.1, 0.15) is 12.1 Å². The molecule has 0 aliphatic rings. The van der Waals surface area contributed by atoms with E-state index in [9.17, 15) is 23.7 Å². The second-order valence-corrected chi connectivity index (χ2v) is 6.60. The number of halogens is 2. The van der Waals surface area contributed by atoms with Gasteiger partial charge in [-0.3, -0.25) is 14.9 Å². The minimum atomic E-state index is -3.06. The Morgan fingerprint density at radius 3 is 2.72 bits per heavy atom. The Bertz CT molecular complexity index is 1060. The van der Waals surface area contributed by atoms with Crippen LogP contribution in [0.15, 0.2) is 58.8 Å². The number of nitrogens with one attached hydrogen (secondary N) is 1. The van der Waals surface area contributed by atoms with Gasteiger partial charge in [0.2, 0.25) is 0 Å². The summed E-state index contributed by atoms with van der Waals surface area (Å²) in [6.07, 6.45) is 1.45. The molecular weight excluding hydrogens is 408 g/mol. The number of aryl methyl sites for hydroxylation is 1. The highest BCUT2D eigenvalue weighted by Gasteiger charge is 2.21. The van der Waals surface area contributed by atoms with Crippen LogP contribution in [0.5, 0.6) is 5.75 Å². The van der Waals surface area contributed by atoms with E-state index in [0.717, 1.165) is 17.8 Å². The van der Waals surface area contributed by atoms with Crippen molar-refractivity contribution in [3.05, 3.63) is 64.5 Å². The molecule has 0 aliphatic heterocycles. The molecule has 0 spiro atoms. The van der Waals surface area contributed by atoms with Crippen LogP contribution in [-0.4, -0.2) is 32.2 Å². The van der Waals surface area contributed by atoms with E-state index >= 15 is 0 Å². The molecule has 0 saturated heterocycles. The molecule has 0 bridgehead atoms. The lowest BCUT2D eigenvalue weighted by molar-refractivity contribution is -0.387. The summed E-state index contributed by atoms with van der Waals surface area (Å²) in [6.45, 7) is -3.06. The van der Waals surface area contributed by atoms with E-state index in [1.165, 1.54) is 42.7 Å². The zero-order valence-corrected chi connectivity index (χ0v) is 15.6. The van der Waals surface area contributed by atoms with E-state index in [4.69, 9.17) is 0 Å². The first kappa shape index (κ1) is 20.2. The molecule has 3 rings (SSSR count). The van der Waals surface area contributed by atoms with Crippen LogP contribution in [0.25, 0.3) is 0 Å². The summed E-state index contributed by atoms with van der Waals surface area (Å²) in [5.41, 5.74) is -0.313. The molecule has 29 heavy (non-hydrogen) atoms. The lowest BCUT2D eigenvalue weighted by Gasteiger charge is -2.12. The normalized spacial score (nSPS) is 10.8. The fraction of sp³-hybridized carbons (Fsp3) is 0.118. The Hall–Kier alpha value is -3.54. The highest BCUT2D eigenvalue weighted by Crippen LogP contribution is 2.34. The maximum atomic E-state index is 12.5. The Balaban J connectivity index is 1.86. The number of amides is 1. The van der Waals surface area contributed by atoms with Crippen molar-refractivity contribution in [2.75, 3.05) is 5.32 Å². The number of nitro benzene ring substituents is 1. The van der Waals surface area contributed by atoms with Crippen molar-refractivity contribution in [2.45, 2.75) is 16.7 Å². The molecule has 0 unspecified atom stereocenters. The van der Waals surface area contributed by atoms with Gasteiger partial charge in [0, 0.05) is 18.7 Å². The number of hydrogen-bond donors (Lipinski definition) is 1. The van der Waals surface area contributed by atoms with Crippen LogP contribution in [0.1, 0.15) is 10.4 Å². The molecule has 0 atom stereocenters. The van der Waals surface area contributed by atoms with E-state index in [-0.39, 0.29) is 27.6 Å². The molecule has 1 N–H and O–H groups in total. The van der Waals surface area contributed by atoms with Crippen molar-refractivity contribution in [1.82, 2.24) is 14.8 Å². The summed E-state index contributed by atoms with van der Waals surface area (Å²) in [4.78, 5) is 23.6. The SMILES string of the molecule is Cn1cnnc1Sc1ccc(C(=O)Nc2ccccc2OC(F)F)cc1[N+](=O)[O-]. The van der Waals surface area contributed by atoms with E-state index in [0.29, 0.717) is 5.16 Å². The molecule has 2 aromatic carbocycles. The van der Waals surface area contributed by atoms with Gasteiger partial charge in [-0.2, -0.15) is 8.78 Å². The topological polar surface area (TPSA) is 112 Å². The third-order valence-corrected chi connectivity index (χ3v) is 4.76. The molecule has 0 radical (unpaired) electrons. The molecule has 9 nitrogen and oxygen atoms in total. The Labute approximate surface area is 166 Å². The fourth-order valence-corrected chi connectivity index (χ4v) is 3.16. The van der Waals surface area contributed by atoms with Gasteiger partial charge in [-0.25, -0.2) is 0 Å². The molecule has 12 heteroatoms. The van der Waals surface area contributed by atoms with Crippen LogP contribution < -0.4 is 10.1 Å². The number of nitrogens with zero attached hydrogens (tertiary/aromatic N) is 4. The quantitative estimate of drug-likeness (QED) is 0.457. The minimum Gasteiger partial charge on any atom is -0.433 e. The van der Waals surface area contributed by atoms with Crippen molar-refractivity contribution in [3.63, 3.8) is 0 Å². The molecular formula is C17H13F2N5O4S. The zero-order chi connectivity index (χ0) is 21.0. The van der Waals surface area contributed by atoms with E-state index < -0.39 is 17.4 Å². The van der Waals surface area contributed by atoms with Gasteiger partial charge in [-0.05, 0) is 36.0 Å². The standard InChI is InChI=1S/C17H13F2N5O4S/c1-23-9-20-22-17(23)29-14-7-6-10(8-12(14)24(26)27)15(25)21-11-4-2-3-5-13(11)28-16(18)19/h2-9,16H,1H3,(H,21,25). The van der Waals surface area contributed by atoms with Gasteiger partial charge in [0.05, 0.1) is 15.5 Å². The summed E-state index contributed by atoms with van der Waals surface area (Å²) in [7, 11) is 1.69. The van der Waals surface area contributed by atoms with Crippen LogP contribution in [0.2, 0.25) is 0 Å². The zero-order valence-electron chi connectivity index (χ0n) is 14.8. The van der Waals surface area contributed by atoms with Crippen molar-refractivity contribution >= 4 is 29.0 Å². The van der Waals surface area contributed by atoms with E-state index in [1.54, 1.807) is 11.6 Å². The molecule has 1 aromatic heterocycles. The summed E-state index contributed by atoms with van der Waals surface area (Å²) >= 11 is 1.02. The van der Waals surface area contributed by atoms with Crippen LogP contribution in [0.3, 0.4) is 0 Å². The molecule has 0 fully saturated rings. The average Bonchev–Trinajstić information content (AvgIpc) is 3.07. The number of benzene rings is 2. The summed E-state index contributed by atoms with van der Waals surface area (Å²) in [6, 6.07) is 9.54. The largest absolute Gasteiger partial charge is 0.433 e. The van der Waals surface area contributed by atoms with Crippen molar-refractivity contribution in [2.24, 2.45) is 7.05 Å². The van der Waals surface area contributed by atoms with Gasteiger partial charge in [-0.15, -0.1) is 10.2 Å². The van der Waals surface area contributed by atoms with Crippen LogP contribution in [-0.2, 0) is 7.05 Å². The number of rotatable bonds is 7. The second-order valence-electron chi connectivity index (χ2n) is 5.59. The highest BCUT2D eigenvalue weighted by atomic mass is 32.2. The number of hydrogen-bond acceptors (Lipinski definition) is 7. The van der Waals surface area contributed by atoms with Gasteiger partial charge >= 0.3 is 6.61 Å². The van der Waals surface area contributed by atoms with E-state index in [1.807, 2.05) is 0 Å². The Morgan fingerprint density at radius 2 is 2.07 bits per heavy atom. The summed E-state index contributed by atoms with van der Waals surface area (Å²) in [5.74, 6) is -0.937. The fourth-order valence-electron chi connectivity index (χ4n) is 2.31. The van der Waals surface area contributed by atoms with Gasteiger partial charge in [0.15, 0.2) is 5.16 Å². The first-order valence-corrected chi connectivity index (χ1v) is 8.82. The Morgan fingerprint density at radius 1 is 1.31 bits per heavy atom. The van der Waals surface area contributed by atoms with Crippen molar-refractivity contribution < 1.29 is 23.2 Å². The van der Waals surface area contributed by atoms with Crippen molar-refractivity contribution in [1.29, 1.82) is 0 Å². The molecule has 0 saturated carbocycles. The maximum Gasteiger partial charge on any atom is 0.387 e. The second kappa shape index (κ2) is 8.65. The Kier molecular flexibility index (Phi) is 6.02. The number of carbonyl (C=O) groups is 1. The predicted molar refractivity (Wildman–Crippen MR) is 99.2 cm³/mol. The minimum absolute atomic E-state index is 0.0120. The van der Waals surface area contributed by atoms with Gasteiger partial charge < -0.3 is 14.6 Å². The average molecular weight is 421 g/mol. The van der Waals surface area contributed by atoms with Gasteiger partial charge in [0.25, 0.3) is 11.6 Å². The molecule has 1 heterocycles. The molecule has 1 amide bonds. The summed E-state index contributed by atoms with van der Waals surface area (Å²) < 4.78 is 31.0. The molecule has 150 valence electrons. The molecule has 0 aliphatic carbocycles. The lowest BCUT2D eigenvalue weighted by Crippen LogP contribution is -2.14. The smallest absolute Gasteiger partial charge is 0.387 e. The number of aromatic nitrogens is 3. The predicted octanol–water partition coefficient (Wildman–Crippen LogP) is 3.73. The maximum absolute atomic E-state index is 12.5. The first-order valence-electron chi connectivity index (χ1n) is 8.00. The number of alkyl halides is 2. The third kappa shape index (κ3) is 4.85. The molecule has 3 aromatic rings. The van der Waals surface area contributed by atoms with E-state index in [2.05, 4.69) is 20.3 Å². The number of ether oxygens (including phenoxy) is 1. The monoisotopic (exact) mass is 421 g/mol. The van der Waals surface area contributed by atoms with Crippen LogP contribution in [0, 0.1) is 10.1 Å².